The number of anilines is 2. The quantitative estimate of drug-likeness (QED) is 0.874. The van der Waals surface area contributed by atoms with Gasteiger partial charge in [0.15, 0.2) is 0 Å². The average molecular weight is 282 g/mol. The highest BCUT2D eigenvalue weighted by Crippen LogP contribution is 2.30. The molecule has 110 valence electrons. The third-order valence-electron chi connectivity index (χ3n) is 3.95. The first kappa shape index (κ1) is 14.0. The molecule has 0 aromatic heterocycles. The summed E-state index contributed by atoms with van der Waals surface area (Å²) in [4.78, 5) is 2.21. The molecule has 1 aliphatic rings. The molecule has 2 aromatic rings. The van der Waals surface area contributed by atoms with E-state index >= 15 is 0 Å². The number of nitrogens with zero attached hydrogens (tertiary/aromatic N) is 1. The van der Waals surface area contributed by atoms with Gasteiger partial charge >= 0.3 is 0 Å². The van der Waals surface area contributed by atoms with Crippen LogP contribution in [0.1, 0.15) is 18.4 Å². The molecular formula is C18H22N2O. The van der Waals surface area contributed by atoms with E-state index in [1.807, 2.05) is 12.1 Å². The van der Waals surface area contributed by atoms with Gasteiger partial charge in [-0.3, -0.25) is 0 Å². The molecule has 1 saturated carbocycles. The van der Waals surface area contributed by atoms with Crippen LogP contribution in [-0.2, 0) is 6.54 Å². The molecule has 0 atom stereocenters. The Hall–Kier alpha value is -2.00. The molecule has 0 aliphatic heterocycles. The van der Waals surface area contributed by atoms with E-state index in [0.717, 1.165) is 24.0 Å². The Kier molecular flexibility index (Phi) is 4.11. The second-order valence-corrected chi connectivity index (χ2v) is 5.54. The molecular weight excluding hydrogens is 260 g/mol. The van der Waals surface area contributed by atoms with Crippen LogP contribution in [0.15, 0.2) is 48.5 Å². The van der Waals surface area contributed by atoms with Crippen molar-refractivity contribution in [1.29, 1.82) is 0 Å². The summed E-state index contributed by atoms with van der Waals surface area (Å²) >= 11 is 0. The van der Waals surface area contributed by atoms with Crippen molar-refractivity contribution in [3.05, 3.63) is 54.1 Å². The molecule has 1 aliphatic carbocycles. The number of nitrogens with one attached hydrogen (secondary N) is 1. The van der Waals surface area contributed by atoms with E-state index < -0.39 is 0 Å². The van der Waals surface area contributed by atoms with Crippen LogP contribution in [0, 0.1) is 0 Å². The molecule has 0 radical (unpaired) electrons. The summed E-state index contributed by atoms with van der Waals surface area (Å²) in [7, 11) is 3.80. The van der Waals surface area contributed by atoms with Gasteiger partial charge < -0.3 is 15.0 Å². The molecule has 0 amide bonds. The lowest BCUT2D eigenvalue weighted by Crippen LogP contribution is -2.18. The number of rotatable bonds is 6. The van der Waals surface area contributed by atoms with Gasteiger partial charge in [0.25, 0.3) is 0 Å². The maximum atomic E-state index is 5.32. The van der Waals surface area contributed by atoms with Crippen molar-refractivity contribution in [2.75, 3.05) is 19.1 Å². The second kappa shape index (κ2) is 6.19. The SMILES string of the molecule is COc1cccc(N(C)c2ccccc2CNC2CC2)c1. The van der Waals surface area contributed by atoms with Crippen LogP contribution < -0.4 is 15.0 Å². The highest BCUT2D eigenvalue weighted by atomic mass is 16.5. The molecule has 0 bridgehead atoms. The number of para-hydroxylation sites is 1. The topological polar surface area (TPSA) is 24.5 Å². The van der Waals surface area contributed by atoms with Crippen molar-refractivity contribution in [2.24, 2.45) is 0 Å². The van der Waals surface area contributed by atoms with Crippen LogP contribution in [-0.4, -0.2) is 20.2 Å². The molecule has 1 N–H and O–H groups in total. The number of hydrogen-bond acceptors (Lipinski definition) is 3. The number of ether oxygens (including phenoxy) is 1. The lowest BCUT2D eigenvalue weighted by molar-refractivity contribution is 0.415. The highest BCUT2D eigenvalue weighted by Gasteiger charge is 2.20. The van der Waals surface area contributed by atoms with E-state index in [-0.39, 0.29) is 0 Å². The monoisotopic (exact) mass is 282 g/mol. The molecule has 0 spiro atoms. The Morgan fingerprint density at radius 3 is 2.71 bits per heavy atom. The van der Waals surface area contributed by atoms with E-state index in [0.29, 0.717) is 0 Å². The number of benzene rings is 2. The van der Waals surface area contributed by atoms with Crippen molar-refractivity contribution < 1.29 is 4.74 Å². The Balaban J connectivity index is 1.83. The molecule has 0 heterocycles. The first-order chi connectivity index (χ1) is 10.3. The Morgan fingerprint density at radius 2 is 1.95 bits per heavy atom. The van der Waals surface area contributed by atoms with Crippen molar-refractivity contribution in [1.82, 2.24) is 5.32 Å². The zero-order valence-corrected chi connectivity index (χ0v) is 12.7. The van der Waals surface area contributed by atoms with Crippen LogP contribution >= 0.6 is 0 Å². The van der Waals surface area contributed by atoms with E-state index in [1.165, 1.54) is 24.1 Å². The fourth-order valence-electron chi connectivity index (χ4n) is 2.49. The van der Waals surface area contributed by atoms with Gasteiger partial charge in [0.2, 0.25) is 0 Å². The summed E-state index contributed by atoms with van der Waals surface area (Å²) in [6, 6.07) is 17.4. The first-order valence-electron chi connectivity index (χ1n) is 7.47. The van der Waals surface area contributed by atoms with Gasteiger partial charge in [-0.1, -0.05) is 24.3 Å². The predicted octanol–water partition coefficient (Wildman–Crippen LogP) is 3.72. The highest BCUT2D eigenvalue weighted by molar-refractivity contribution is 5.66. The van der Waals surface area contributed by atoms with Crippen LogP contribution in [0.25, 0.3) is 0 Å². The number of methoxy groups -OCH3 is 1. The van der Waals surface area contributed by atoms with E-state index in [2.05, 4.69) is 53.7 Å². The van der Waals surface area contributed by atoms with E-state index in [4.69, 9.17) is 4.74 Å². The fourth-order valence-corrected chi connectivity index (χ4v) is 2.49. The third kappa shape index (κ3) is 3.37. The van der Waals surface area contributed by atoms with Crippen LogP contribution in [0.2, 0.25) is 0 Å². The summed E-state index contributed by atoms with van der Waals surface area (Å²) in [6.45, 7) is 0.926. The Labute approximate surface area is 126 Å². The standard InChI is InChI=1S/C18H22N2O/c1-20(16-7-5-8-17(12-16)21-2)18-9-4-3-6-14(18)13-19-15-10-11-15/h3-9,12,15,19H,10-11,13H2,1-2H3. The maximum Gasteiger partial charge on any atom is 0.120 e. The Bertz CT molecular complexity index is 608. The minimum absolute atomic E-state index is 0.722. The molecule has 1 fully saturated rings. The summed E-state index contributed by atoms with van der Waals surface area (Å²) in [5.41, 5.74) is 3.70. The lowest BCUT2D eigenvalue weighted by Gasteiger charge is -2.23. The van der Waals surface area contributed by atoms with Gasteiger partial charge in [-0.05, 0) is 36.6 Å². The van der Waals surface area contributed by atoms with Crippen molar-refractivity contribution in [3.8, 4) is 5.75 Å². The summed E-state index contributed by atoms with van der Waals surface area (Å²) in [6.07, 6.45) is 2.63. The van der Waals surface area contributed by atoms with Crippen molar-refractivity contribution >= 4 is 11.4 Å². The molecule has 0 saturated heterocycles. The van der Waals surface area contributed by atoms with E-state index in [9.17, 15) is 0 Å². The van der Waals surface area contributed by atoms with Crippen LogP contribution in [0.4, 0.5) is 11.4 Å². The number of hydrogen-bond donors (Lipinski definition) is 1. The fraction of sp³-hybridized carbons (Fsp3) is 0.333. The zero-order chi connectivity index (χ0) is 14.7. The molecule has 3 heteroatoms. The summed E-state index contributed by atoms with van der Waals surface area (Å²) in [5, 5.41) is 3.59. The van der Waals surface area contributed by atoms with Crippen LogP contribution in [0.3, 0.4) is 0 Å². The smallest absolute Gasteiger partial charge is 0.120 e. The normalized spacial score (nSPS) is 14.0. The van der Waals surface area contributed by atoms with Gasteiger partial charge in [-0.2, -0.15) is 0 Å². The Morgan fingerprint density at radius 1 is 1.14 bits per heavy atom. The van der Waals surface area contributed by atoms with E-state index in [1.54, 1.807) is 7.11 Å². The lowest BCUT2D eigenvalue weighted by atomic mass is 10.1. The zero-order valence-electron chi connectivity index (χ0n) is 12.7. The van der Waals surface area contributed by atoms with Crippen LogP contribution in [0.5, 0.6) is 5.75 Å². The predicted molar refractivity (Wildman–Crippen MR) is 87.4 cm³/mol. The maximum absolute atomic E-state index is 5.32. The molecule has 0 unspecified atom stereocenters. The van der Waals surface area contributed by atoms with Gasteiger partial charge in [-0.15, -0.1) is 0 Å². The first-order valence-corrected chi connectivity index (χ1v) is 7.47. The third-order valence-corrected chi connectivity index (χ3v) is 3.95. The minimum Gasteiger partial charge on any atom is -0.497 e. The van der Waals surface area contributed by atoms with Gasteiger partial charge in [0.05, 0.1) is 7.11 Å². The molecule has 3 nitrogen and oxygen atoms in total. The largest absolute Gasteiger partial charge is 0.497 e. The molecule has 21 heavy (non-hydrogen) atoms. The van der Waals surface area contributed by atoms with Crippen molar-refractivity contribution in [3.63, 3.8) is 0 Å². The van der Waals surface area contributed by atoms with Gasteiger partial charge in [0.1, 0.15) is 5.75 Å². The molecule has 2 aromatic carbocycles. The second-order valence-electron chi connectivity index (χ2n) is 5.54. The van der Waals surface area contributed by atoms with Gasteiger partial charge in [0, 0.05) is 37.1 Å². The van der Waals surface area contributed by atoms with Crippen molar-refractivity contribution in [2.45, 2.75) is 25.4 Å². The summed E-state index contributed by atoms with van der Waals surface area (Å²) in [5.74, 6) is 0.882. The average Bonchev–Trinajstić information content (AvgIpc) is 3.37. The minimum atomic E-state index is 0.722. The molecule has 3 rings (SSSR count). The summed E-state index contributed by atoms with van der Waals surface area (Å²) < 4.78 is 5.32. The van der Waals surface area contributed by atoms with Gasteiger partial charge in [-0.25, -0.2) is 0 Å².